The second kappa shape index (κ2) is 9.38. The van der Waals surface area contributed by atoms with Crippen LogP contribution in [0.15, 0.2) is 5.16 Å². The number of rotatable bonds is 1. The van der Waals surface area contributed by atoms with Crippen molar-refractivity contribution in [3.8, 4) is 0 Å². The molecule has 20 heavy (non-hydrogen) atoms. The fourth-order valence-electron chi connectivity index (χ4n) is 3.78. The quantitative estimate of drug-likeness (QED) is 0.563. The smallest absolute Gasteiger partial charge is 0.0742 e. The van der Waals surface area contributed by atoms with Gasteiger partial charge in [0, 0.05) is 0 Å². The first-order valence-electron chi connectivity index (χ1n) is 8.86. The molecule has 2 fully saturated rings. The molecule has 116 valence electrons. The molecule has 1 saturated heterocycles. The molecule has 3 nitrogen and oxygen atoms in total. The Labute approximate surface area is 124 Å². The van der Waals surface area contributed by atoms with Gasteiger partial charge in [0.2, 0.25) is 0 Å². The van der Waals surface area contributed by atoms with Crippen LogP contribution in [-0.2, 0) is 0 Å². The highest BCUT2D eigenvalue weighted by atomic mass is 16.4. The number of oxime groups is 1. The predicted molar refractivity (Wildman–Crippen MR) is 84.6 cm³/mol. The minimum atomic E-state index is 0.416. The van der Waals surface area contributed by atoms with E-state index in [1.54, 1.807) is 0 Å². The molecule has 2 aliphatic rings. The summed E-state index contributed by atoms with van der Waals surface area (Å²) >= 11 is 0. The van der Waals surface area contributed by atoms with E-state index < -0.39 is 0 Å². The van der Waals surface area contributed by atoms with Gasteiger partial charge in [0.25, 0.3) is 0 Å². The minimum absolute atomic E-state index is 0.416. The highest BCUT2D eigenvalue weighted by molar-refractivity contribution is 5.89. The summed E-state index contributed by atoms with van der Waals surface area (Å²) in [6.07, 6.45) is 16.9. The van der Waals surface area contributed by atoms with Crippen LogP contribution in [0.1, 0.15) is 83.5 Å². The molecule has 1 N–H and O–H groups in total. The number of hydrogen-bond donors (Lipinski definition) is 1. The van der Waals surface area contributed by atoms with Crippen LogP contribution in [0.2, 0.25) is 0 Å². The predicted octanol–water partition coefficient (Wildman–Crippen LogP) is 4.59. The van der Waals surface area contributed by atoms with E-state index in [1.165, 1.54) is 90.1 Å². The minimum Gasteiger partial charge on any atom is -0.411 e. The highest BCUT2D eigenvalue weighted by Gasteiger charge is 2.25. The topological polar surface area (TPSA) is 35.8 Å². The Morgan fingerprint density at radius 3 is 1.95 bits per heavy atom. The maximum Gasteiger partial charge on any atom is 0.0742 e. The lowest BCUT2D eigenvalue weighted by Gasteiger charge is -2.35. The normalized spacial score (nSPS) is 30.6. The zero-order chi connectivity index (χ0) is 14.0. The lowest BCUT2D eigenvalue weighted by molar-refractivity contribution is 0.185. The second-order valence-corrected chi connectivity index (χ2v) is 6.57. The average Bonchev–Trinajstić information content (AvgIpc) is 2.49. The van der Waals surface area contributed by atoms with Crippen LogP contribution in [0.5, 0.6) is 0 Å². The van der Waals surface area contributed by atoms with Gasteiger partial charge in [0.1, 0.15) is 0 Å². The van der Waals surface area contributed by atoms with Crippen LogP contribution in [0, 0.1) is 0 Å². The van der Waals surface area contributed by atoms with Crippen LogP contribution >= 0.6 is 0 Å². The molecule has 1 saturated carbocycles. The van der Waals surface area contributed by atoms with Crippen molar-refractivity contribution >= 4 is 5.71 Å². The number of nitrogens with zero attached hydrogens (tertiary/aromatic N) is 2. The van der Waals surface area contributed by atoms with E-state index in [1.807, 2.05) is 0 Å². The molecule has 1 atom stereocenters. The van der Waals surface area contributed by atoms with Crippen molar-refractivity contribution in [1.29, 1.82) is 0 Å². The summed E-state index contributed by atoms with van der Waals surface area (Å²) in [6, 6.07) is 0.416. The SMILES string of the molecule is O/N=C1\CCCCCCCCCC[C@@H]1N1CCCCC1. The fraction of sp³-hybridized carbons (Fsp3) is 0.941. The summed E-state index contributed by atoms with van der Waals surface area (Å²) in [6.45, 7) is 2.40. The van der Waals surface area contributed by atoms with E-state index in [2.05, 4.69) is 10.1 Å². The summed E-state index contributed by atoms with van der Waals surface area (Å²) in [5.74, 6) is 0. The number of piperidine rings is 1. The van der Waals surface area contributed by atoms with Gasteiger partial charge >= 0.3 is 0 Å². The van der Waals surface area contributed by atoms with Crippen LogP contribution in [0.4, 0.5) is 0 Å². The van der Waals surface area contributed by atoms with Gasteiger partial charge in [-0.25, -0.2) is 0 Å². The summed E-state index contributed by atoms with van der Waals surface area (Å²) in [5, 5.41) is 13.2. The van der Waals surface area contributed by atoms with Gasteiger partial charge < -0.3 is 5.21 Å². The molecule has 0 amide bonds. The molecule has 0 bridgehead atoms. The van der Waals surface area contributed by atoms with Crippen molar-refractivity contribution < 1.29 is 5.21 Å². The molecule has 0 aromatic rings. The average molecular weight is 280 g/mol. The van der Waals surface area contributed by atoms with E-state index in [4.69, 9.17) is 0 Å². The number of hydrogen-bond acceptors (Lipinski definition) is 3. The highest BCUT2D eigenvalue weighted by Crippen LogP contribution is 2.22. The van der Waals surface area contributed by atoms with Crippen molar-refractivity contribution in [3.63, 3.8) is 0 Å². The Hall–Kier alpha value is -0.570. The van der Waals surface area contributed by atoms with E-state index in [0.29, 0.717) is 6.04 Å². The van der Waals surface area contributed by atoms with Crippen LogP contribution in [0.25, 0.3) is 0 Å². The maximum atomic E-state index is 9.46. The number of likely N-dealkylation sites (tertiary alicyclic amines) is 1. The van der Waals surface area contributed by atoms with E-state index in [0.717, 1.165) is 12.1 Å². The monoisotopic (exact) mass is 280 g/mol. The standard InChI is InChI=1S/C17H32N2O/c20-18-16-12-8-5-3-1-2-4-6-9-13-17(16)19-14-10-7-11-15-19/h17,20H,1-15H2/b18-16+/t17-/m0/s1. The first-order valence-corrected chi connectivity index (χ1v) is 8.86. The molecule has 0 aromatic carbocycles. The van der Waals surface area contributed by atoms with Crippen molar-refractivity contribution in [2.24, 2.45) is 5.16 Å². The molecule has 2 rings (SSSR count). The van der Waals surface area contributed by atoms with Gasteiger partial charge in [-0.05, 0) is 45.2 Å². The van der Waals surface area contributed by atoms with Gasteiger partial charge in [0.05, 0.1) is 11.8 Å². The Kier molecular flexibility index (Phi) is 7.42. The van der Waals surface area contributed by atoms with Gasteiger partial charge in [-0.1, -0.05) is 56.5 Å². The fourth-order valence-corrected chi connectivity index (χ4v) is 3.78. The molecular weight excluding hydrogens is 248 g/mol. The van der Waals surface area contributed by atoms with E-state index in [9.17, 15) is 5.21 Å². The zero-order valence-electron chi connectivity index (χ0n) is 13.0. The third-order valence-corrected chi connectivity index (χ3v) is 5.00. The molecule has 0 unspecified atom stereocenters. The Morgan fingerprint density at radius 1 is 0.750 bits per heavy atom. The molecular formula is C17H32N2O. The Balaban J connectivity index is 1.96. The first kappa shape index (κ1) is 15.8. The summed E-state index contributed by atoms with van der Waals surface area (Å²) in [5.41, 5.74) is 1.06. The van der Waals surface area contributed by atoms with Crippen molar-refractivity contribution in [1.82, 2.24) is 4.90 Å². The van der Waals surface area contributed by atoms with Crippen LogP contribution in [0.3, 0.4) is 0 Å². The zero-order valence-corrected chi connectivity index (χ0v) is 13.0. The van der Waals surface area contributed by atoms with E-state index in [-0.39, 0.29) is 0 Å². The maximum absolute atomic E-state index is 9.46. The first-order chi connectivity index (χ1) is 9.92. The molecule has 1 heterocycles. The van der Waals surface area contributed by atoms with Crippen LogP contribution < -0.4 is 0 Å². The van der Waals surface area contributed by atoms with E-state index >= 15 is 0 Å². The van der Waals surface area contributed by atoms with Gasteiger partial charge in [-0.2, -0.15) is 0 Å². The van der Waals surface area contributed by atoms with Crippen molar-refractivity contribution in [3.05, 3.63) is 0 Å². The lowest BCUT2D eigenvalue weighted by Crippen LogP contribution is -2.44. The van der Waals surface area contributed by atoms with Gasteiger partial charge in [0.15, 0.2) is 0 Å². The third-order valence-electron chi connectivity index (χ3n) is 5.00. The summed E-state index contributed by atoms with van der Waals surface area (Å²) < 4.78 is 0. The summed E-state index contributed by atoms with van der Waals surface area (Å²) in [4.78, 5) is 2.59. The van der Waals surface area contributed by atoms with Crippen molar-refractivity contribution in [2.75, 3.05) is 13.1 Å². The van der Waals surface area contributed by atoms with Crippen LogP contribution in [-0.4, -0.2) is 35.0 Å². The molecule has 3 heteroatoms. The van der Waals surface area contributed by atoms with Gasteiger partial charge in [-0.15, -0.1) is 0 Å². The summed E-state index contributed by atoms with van der Waals surface area (Å²) in [7, 11) is 0. The Bertz CT molecular complexity index is 285. The second-order valence-electron chi connectivity index (χ2n) is 6.57. The molecule has 1 aliphatic carbocycles. The molecule has 0 spiro atoms. The third kappa shape index (κ3) is 5.08. The largest absolute Gasteiger partial charge is 0.411 e. The molecule has 1 aliphatic heterocycles. The lowest BCUT2D eigenvalue weighted by atomic mass is 9.94. The molecule has 0 aromatic heterocycles. The Morgan fingerprint density at radius 2 is 1.30 bits per heavy atom. The molecule has 0 radical (unpaired) electrons. The van der Waals surface area contributed by atoms with Gasteiger partial charge in [-0.3, -0.25) is 4.90 Å². The van der Waals surface area contributed by atoms with Crippen molar-refractivity contribution in [2.45, 2.75) is 89.5 Å².